The Morgan fingerprint density at radius 1 is 0.196 bits per heavy atom. The molecule has 0 amide bonds. The fraction of sp³-hybridized carbons (Fsp3) is 0. The van der Waals surface area contributed by atoms with Crippen LogP contribution in [0.25, 0.3) is 60.9 Å². The molecule has 1 aromatic heterocycles. The highest BCUT2D eigenvalue weighted by Gasteiger charge is 2.47. The van der Waals surface area contributed by atoms with Crippen molar-refractivity contribution >= 4 is 137 Å². The van der Waals surface area contributed by atoms with E-state index in [0.29, 0.717) is 0 Å². The van der Waals surface area contributed by atoms with Crippen LogP contribution in [-0.2, 0) is 0 Å². The van der Waals surface area contributed by atoms with Crippen molar-refractivity contribution in [1.29, 1.82) is 0 Å². The minimum atomic E-state index is -3.07. The van der Waals surface area contributed by atoms with E-state index in [2.05, 4.69) is 427 Å². The lowest BCUT2D eigenvalue weighted by Gasteiger charge is -2.45. The summed E-state index contributed by atoms with van der Waals surface area (Å²) < 4.78 is 2.53. The van der Waals surface area contributed by atoms with Crippen LogP contribution in [0.2, 0.25) is 0 Å². The van der Waals surface area contributed by atoms with Crippen molar-refractivity contribution < 1.29 is 0 Å². The van der Waals surface area contributed by atoms with Gasteiger partial charge in [-0.1, -0.05) is 334 Å². The predicted molar refractivity (Wildman–Crippen MR) is 438 cm³/mol. The van der Waals surface area contributed by atoms with E-state index in [1.54, 1.807) is 0 Å². The van der Waals surface area contributed by atoms with Crippen LogP contribution in [0.15, 0.2) is 413 Å². The molecule has 0 unspecified atom stereocenters. The molecule has 2 aliphatic heterocycles. The van der Waals surface area contributed by atoms with Crippen molar-refractivity contribution in [3.05, 3.63) is 413 Å². The van der Waals surface area contributed by atoms with Gasteiger partial charge in [0.15, 0.2) is 16.1 Å². The first-order chi connectivity index (χ1) is 50.6. The van der Waals surface area contributed by atoms with Crippen LogP contribution >= 0.6 is 0 Å². The monoisotopic (exact) mass is 1330 g/mol. The third kappa shape index (κ3) is 9.85. The maximum atomic E-state index is 2.64. The molecule has 19 rings (SSSR count). The van der Waals surface area contributed by atoms with Gasteiger partial charge in [0, 0.05) is 44.9 Å². The summed E-state index contributed by atoms with van der Waals surface area (Å²) in [5.74, 6) is 0. The fourth-order valence-corrected chi connectivity index (χ4v) is 26.9. The molecule has 0 saturated heterocycles. The van der Waals surface area contributed by atoms with Gasteiger partial charge in [-0.25, -0.2) is 0 Å². The van der Waals surface area contributed by atoms with Crippen LogP contribution < -0.4 is 67.7 Å². The summed E-state index contributed by atoms with van der Waals surface area (Å²) in [4.78, 5) is 5.27. The first-order valence-corrected chi connectivity index (χ1v) is 39.4. The Labute approximate surface area is 598 Å². The van der Waals surface area contributed by atoms with Gasteiger partial charge in [0.25, 0.3) is 6.71 Å². The van der Waals surface area contributed by atoms with E-state index in [1.165, 1.54) is 90.9 Å². The van der Waals surface area contributed by atoms with E-state index in [1.807, 2.05) is 0 Å². The molecular weight excluding hydrogens is 1260 g/mol. The van der Waals surface area contributed by atoms with Crippen molar-refractivity contribution in [2.24, 2.45) is 0 Å². The van der Waals surface area contributed by atoms with Gasteiger partial charge in [0.2, 0.25) is 0 Å². The first-order valence-electron chi connectivity index (χ1n) is 35.4. The largest absolute Gasteiger partial charge is 0.311 e. The van der Waals surface area contributed by atoms with Crippen LogP contribution in [0, 0.1) is 0 Å². The molecule has 17 aromatic rings. The molecule has 478 valence electrons. The van der Waals surface area contributed by atoms with Gasteiger partial charge >= 0.3 is 0 Å². The van der Waals surface area contributed by atoms with Crippen LogP contribution in [0.3, 0.4) is 0 Å². The number of fused-ring (bicyclic) bond motifs is 7. The Kier molecular flexibility index (Phi) is 15.0. The van der Waals surface area contributed by atoms with Crippen LogP contribution in [0.1, 0.15) is 0 Å². The van der Waals surface area contributed by atoms with E-state index in [9.17, 15) is 0 Å². The van der Waals surface area contributed by atoms with Crippen molar-refractivity contribution in [3.8, 4) is 39.1 Å². The van der Waals surface area contributed by atoms with Crippen molar-refractivity contribution in [3.63, 3.8) is 0 Å². The zero-order chi connectivity index (χ0) is 67.6. The summed E-state index contributed by atoms with van der Waals surface area (Å²) in [7, 11) is -6.10. The second-order valence-corrected chi connectivity index (χ2v) is 34.7. The molecule has 0 bridgehead atoms. The van der Waals surface area contributed by atoms with Gasteiger partial charge < -0.3 is 14.4 Å². The van der Waals surface area contributed by atoms with E-state index < -0.39 is 16.1 Å². The zero-order valence-corrected chi connectivity index (χ0v) is 58.2. The molecule has 3 nitrogen and oxygen atoms in total. The highest BCUT2D eigenvalue weighted by Crippen LogP contribution is 2.47. The van der Waals surface area contributed by atoms with Gasteiger partial charge in [-0.3, -0.25) is 0 Å². The Bertz CT molecular complexity index is 5640. The Hall–Kier alpha value is -12.6. The van der Waals surface area contributed by atoms with Crippen molar-refractivity contribution in [1.82, 2.24) is 4.57 Å². The second-order valence-electron chi connectivity index (χ2n) is 27.0. The molecule has 3 heterocycles. The topological polar surface area (TPSA) is 11.4 Å². The van der Waals surface area contributed by atoms with Crippen molar-refractivity contribution in [2.45, 2.75) is 0 Å². The molecule has 0 fully saturated rings. The summed E-state index contributed by atoms with van der Waals surface area (Å²) in [6.07, 6.45) is 0. The smallest absolute Gasteiger partial charge is 0.252 e. The number of benzene rings is 16. The average Bonchev–Trinajstić information content (AvgIpc) is 0.816. The second kappa shape index (κ2) is 25.3. The molecule has 0 spiro atoms. The van der Waals surface area contributed by atoms with Crippen molar-refractivity contribution in [2.75, 3.05) is 9.80 Å². The van der Waals surface area contributed by atoms with Gasteiger partial charge in [0.05, 0.1) is 16.7 Å². The number of hydrogen-bond donors (Lipinski definition) is 0. The quantitative estimate of drug-likeness (QED) is 0.0794. The number of hydrogen-bond acceptors (Lipinski definition) is 2. The van der Waals surface area contributed by atoms with E-state index >= 15 is 0 Å². The molecule has 0 radical (unpaired) electrons. The summed E-state index contributed by atoms with van der Waals surface area (Å²) in [5, 5.41) is 13.0. The van der Waals surface area contributed by atoms with Gasteiger partial charge in [-0.15, -0.1) is 0 Å². The number of aromatic nitrogens is 1. The summed E-state index contributed by atoms with van der Waals surface area (Å²) in [5.41, 5.74) is 20.9. The normalized spacial score (nSPS) is 12.5. The van der Waals surface area contributed by atoms with Crippen LogP contribution in [-0.4, -0.2) is 27.4 Å². The molecule has 2 aliphatic rings. The third-order valence-electron chi connectivity index (χ3n) is 21.6. The number of nitrogens with zero attached hydrogens (tertiary/aromatic N) is 3. The predicted octanol–water partition coefficient (Wildman–Crippen LogP) is 16.6. The van der Waals surface area contributed by atoms with Crippen LogP contribution in [0.5, 0.6) is 0 Å². The highest BCUT2D eigenvalue weighted by molar-refractivity contribution is 7.20. The van der Waals surface area contributed by atoms with Crippen LogP contribution in [0.4, 0.5) is 34.1 Å². The summed E-state index contributed by atoms with van der Waals surface area (Å²) in [6.45, 7) is -0.198. The lowest BCUT2D eigenvalue weighted by atomic mass is 9.33. The number of para-hydroxylation sites is 3. The Morgan fingerprint density at radius 3 is 0.941 bits per heavy atom. The average molecular weight is 1330 g/mol. The SMILES string of the molecule is c1ccc(-c2cc(-c3ccccc3)cc(-c3ccc4c(c3)B3c5ccccc5N(c5cccc([Si](c6ccccc6)(c6ccccc6)c6ccccc6)c5)c5cc(-n6c7ccccc7c7ccccc76)cc(c53)N4c3cccc([Si](c4ccccc4)(c4ccccc4)c4ccccc4)c3)c2)cc1. The molecule has 0 atom stereocenters. The molecule has 0 saturated carbocycles. The minimum Gasteiger partial charge on any atom is -0.311 e. The highest BCUT2D eigenvalue weighted by atomic mass is 28.3. The lowest BCUT2D eigenvalue weighted by molar-refractivity contribution is 1.16. The molecule has 16 aromatic carbocycles. The molecule has 6 heteroatoms. The Balaban J connectivity index is 0.926. The summed E-state index contributed by atoms with van der Waals surface area (Å²) in [6, 6.07) is 156. The maximum Gasteiger partial charge on any atom is 0.252 e. The standard InChI is InChI=1S/C96H68BN3Si2/c1-9-33-69(34-10-1)72-61-73(70-35-11-2-12-36-70)63-74(62-72)71-59-60-93-89(64-71)97-88-55-27-30-58-92(88)98(75-37-31-51-84(65-75)101(78-39-13-3-14-40-78,79-41-15-4-16-42-79)80-43-17-5-18-44-80)94-67-77(100-90-56-28-25-53-86(90)87-54-26-29-57-91(87)100)68-95(96(94)97)99(93)76-38-32-52-85(66-76)102(81-45-19-6-20-46-81,82-47-21-7-22-48-82)83-49-23-8-24-50-83/h1-68H. The summed E-state index contributed by atoms with van der Waals surface area (Å²) >= 11 is 0. The van der Waals surface area contributed by atoms with E-state index in [0.717, 1.165) is 62.0 Å². The first kappa shape index (κ1) is 60.6. The van der Waals surface area contributed by atoms with E-state index in [4.69, 9.17) is 0 Å². The molecule has 102 heavy (non-hydrogen) atoms. The molecular formula is C96H68BN3Si2. The minimum absolute atomic E-state index is 0.198. The number of rotatable bonds is 14. The van der Waals surface area contributed by atoms with Gasteiger partial charge in [-0.2, -0.15) is 0 Å². The fourth-order valence-electron chi connectivity index (χ4n) is 17.3. The Morgan fingerprint density at radius 2 is 0.529 bits per heavy atom. The molecule has 0 N–H and O–H groups in total. The lowest BCUT2D eigenvalue weighted by Crippen LogP contribution is -2.74. The van der Waals surface area contributed by atoms with Gasteiger partial charge in [0.1, 0.15) is 0 Å². The maximum absolute atomic E-state index is 3.07. The van der Waals surface area contributed by atoms with Gasteiger partial charge in [-0.05, 0) is 170 Å². The van der Waals surface area contributed by atoms with E-state index in [-0.39, 0.29) is 6.71 Å². The third-order valence-corrected chi connectivity index (χ3v) is 31.1. The molecule has 0 aliphatic carbocycles. The zero-order valence-electron chi connectivity index (χ0n) is 56.2. The number of anilines is 6.